The Morgan fingerprint density at radius 3 is 2.85 bits per heavy atom. The lowest BCUT2D eigenvalue weighted by Crippen LogP contribution is -2.47. The molecule has 1 aliphatic rings. The summed E-state index contributed by atoms with van der Waals surface area (Å²) in [6.07, 6.45) is 5.36. The SMILES string of the molecule is O=C(CNC(=O)c1ccco1)NC1CCCCC1CO. The number of rotatable bonds is 5. The van der Waals surface area contributed by atoms with Crippen LogP contribution < -0.4 is 10.6 Å². The van der Waals surface area contributed by atoms with Gasteiger partial charge in [0, 0.05) is 18.6 Å². The lowest BCUT2D eigenvalue weighted by molar-refractivity contribution is -0.121. The first-order valence-corrected chi connectivity index (χ1v) is 6.92. The Labute approximate surface area is 117 Å². The van der Waals surface area contributed by atoms with Gasteiger partial charge in [-0.25, -0.2) is 0 Å². The van der Waals surface area contributed by atoms with Gasteiger partial charge < -0.3 is 20.2 Å². The summed E-state index contributed by atoms with van der Waals surface area (Å²) in [7, 11) is 0. The summed E-state index contributed by atoms with van der Waals surface area (Å²) in [5.74, 6) is -0.347. The van der Waals surface area contributed by atoms with Crippen LogP contribution in [-0.2, 0) is 4.79 Å². The van der Waals surface area contributed by atoms with Crippen LogP contribution in [0.5, 0.6) is 0 Å². The normalized spacial score (nSPS) is 22.2. The third-order valence-electron chi connectivity index (χ3n) is 3.64. The average molecular weight is 280 g/mol. The number of nitrogens with one attached hydrogen (secondary N) is 2. The molecule has 3 N–H and O–H groups in total. The molecule has 1 saturated carbocycles. The van der Waals surface area contributed by atoms with Gasteiger partial charge in [-0.2, -0.15) is 0 Å². The predicted octanol–water partition coefficient (Wildman–Crippen LogP) is 0.677. The van der Waals surface area contributed by atoms with Crippen molar-refractivity contribution in [2.75, 3.05) is 13.2 Å². The van der Waals surface area contributed by atoms with E-state index in [0.717, 1.165) is 25.7 Å². The lowest BCUT2D eigenvalue weighted by atomic mass is 9.85. The number of furan rings is 1. The zero-order chi connectivity index (χ0) is 14.4. The van der Waals surface area contributed by atoms with E-state index in [2.05, 4.69) is 10.6 Å². The van der Waals surface area contributed by atoms with Crippen LogP contribution in [-0.4, -0.2) is 36.1 Å². The van der Waals surface area contributed by atoms with E-state index in [9.17, 15) is 14.7 Å². The lowest BCUT2D eigenvalue weighted by Gasteiger charge is -2.30. The van der Waals surface area contributed by atoms with E-state index in [1.165, 1.54) is 12.3 Å². The van der Waals surface area contributed by atoms with Crippen LogP contribution in [0.3, 0.4) is 0 Å². The van der Waals surface area contributed by atoms with E-state index in [1.54, 1.807) is 6.07 Å². The molecule has 1 aromatic rings. The molecule has 1 fully saturated rings. The first-order valence-electron chi connectivity index (χ1n) is 6.92. The minimum Gasteiger partial charge on any atom is -0.459 e. The summed E-state index contributed by atoms with van der Waals surface area (Å²) in [6, 6.07) is 3.15. The Hall–Kier alpha value is -1.82. The average Bonchev–Trinajstić information content (AvgIpc) is 2.99. The molecule has 1 heterocycles. The number of carbonyl (C=O) groups is 2. The number of hydrogen-bond donors (Lipinski definition) is 3. The Bertz CT molecular complexity index is 444. The van der Waals surface area contributed by atoms with E-state index in [1.807, 2.05) is 0 Å². The summed E-state index contributed by atoms with van der Waals surface area (Å²) < 4.78 is 4.94. The fourth-order valence-corrected chi connectivity index (χ4v) is 2.53. The second-order valence-electron chi connectivity index (χ2n) is 5.06. The molecule has 0 bridgehead atoms. The van der Waals surface area contributed by atoms with Crippen molar-refractivity contribution in [2.45, 2.75) is 31.7 Å². The molecular formula is C14H20N2O4. The van der Waals surface area contributed by atoms with Crippen LogP contribution in [0.15, 0.2) is 22.8 Å². The fourth-order valence-electron chi connectivity index (χ4n) is 2.53. The van der Waals surface area contributed by atoms with Crippen molar-refractivity contribution in [2.24, 2.45) is 5.92 Å². The molecule has 0 radical (unpaired) electrons. The van der Waals surface area contributed by atoms with Crippen molar-refractivity contribution in [1.82, 2.24) is 10.6 Å². The molecule has 20 heavy (non-hydrogen) atoms. The van der Waals surface area contributed by atoms with Crippen LogP contribution in [0, 0.1) is 5.92 Å². The van der Waals surface area contributed by atoms with Gasteiger partial charge in [0.2, 0.25) is 5.91 Å². The monoisotopic (exact) mass is 280 g/mol. The summed E-state index contributed by atoms with van der Waals surface area (Å²) >= 11 is 0. The second-order valence-corrected chi connectivity index (χ2v) is 5.06. The molecule has 0 saturated heterocycles. The standard InChI is InChI=1S/C14H20N2O4/c17-9-10-4-1-2-5-11(10)16-13(18)8-15-14(19)12-6-3-7-20-12/h3,6-7,10-11,17H,1-2,4-5,8-9H2,(H,15,19)(H,16,18). The predicted molar refractivity (Wildman–Crippen MR) is 72.0 cm³/mol. The van der Waals surface area contributed by atoms with Crippen molar-refractivity contribution in [3.63, 3.8) is 0 Å². The smallest absolute Gasteiger partial charge is 0.287 e. The third kappa shape index (κ3) is 3.84. The van der Waals surface area contributed by atoms with Gasteiger partial charge in [0.15, 0.2) is 5.76 Å². The highest BCUT2D eigenvalue weighted by atomic mass is 16.3. The van der Waals surface area contributed by atoms with Gasteiger partial charge in [-0.3, -0.25) is 9.59 Å². The van der Waals surface area contributed by atoms with Crippen molar-refractivity contribution in [3.8, 4) is 0 Å². The summed E-state index contributed by atoms with van der Waals surface area (Å²) in [5.41, 5.74) is 0. The molecule has 1 aliphatic carbocycles. The van der Waals surface area contributed by atoms with Crippen LogP contribution in [0.2, 0.25) is 0 Å². The van der Waals surface area contributed by atoms with E-state index < -0.39 is 5.91 Å². The second kappa shape index (κ2) is 7.09. The maximum absolute atomic E-state index is 11.8. The number of aliphatic hydroxyl groups excluding tert-OH is 1. The van der Waals surface area contributed by atoms with Gasteiger partial charge in [0.05, 0.1) is 12.8 Å². The molecule has 2 atom stereocenters. The maximum atomic E-state index is 11.8. The highest BCUT2D eigenvalue weighted by molar-refractivity contribution is 5.94. The molecule has 6 heteroatoms. The van der Waals surface area contributed by atoms with E-state index in [-0.39, 0.29) is 36.8 Å². The third-order valence-corrected chi connectivity index (χ3v) is 3.64. The first kappa shape index (κ1) is 14.6. The van der Waals surface area contributed by atoms with Crippen molar-refractivity contribution in [1.29, 1.82) is 0 Å². The molecule has 2 rings (SSSR count). The minimum atomic E-state index is -0.410. The summed E-state index contributed by atoms with van der Waals surface area (Å²) in [6.45, 7) is -0.00210. The van der Waals surface area contributed by atoms with Crippen molar-refractivity contribution >= 4 is 11.8 Å². The number of carbonyl (C=O) groups excluding carboxylic acids is 2. The zero-order valence-corrected chi connectivity index (χ0v) is 11.3. The molecule has 6 nitrogen and oxygen atoms in total. The Kier molecular flexibility index (Phi) is 5.17. The fraction of sp³-hybridized carbons (Fsp3) is 0.571. The van der Waals surface area contributed by atoms with Gasteiger partial charge in [-0.05, 0) is 25.0 Å². The largest absolute Gasteiger partial charge is 0.459 e. The number of amides is 2. The van der Waals surface area contributed by atoms with Gasteiger partial charge in [0.25, 0.3) is 5.91 Å². The minimum absolute atomic E-state index is 0.00163. The van der Waals surface area contributed by atoms with Crippen LogP contribution in [0.25, 0.3) is 0 Å². The topological polar surface area (TPSA) is 91.6 Å². The first-order chi connectivity index (χ1) is 9.70. The van der Waals surface area contributed by atoms with Crippen molar-refractivity contribution < 1.29 is 19.1 Å². The Morgan fingerprint density at radius 2 is 2.15 bits per heavy atom. The molecule has 1 aromatic heterocycles. The molecule has 110 valence electrons. The number of aliphatic hydroxyl groups is 1. The molecule has 0 aliphatic heterocycles. The van der Waals surface area contributed by atoms with Crippen LogP contribution >= 0.6 is 0 Å². The van der Waals surface area contributed by atoms with Crippen LogP contribution in [0.1, 0.15) is 36.2 Å². The molecule has 2 amide bonds. The van der Waals surface area contributed by atoms with Gasteiger partial charge in [-0.1, -0.05) is 12.8 Å². The molecule has 2 unspecified atom stereocenters. The number of hydrogen-bond acceptors (Lipinski definition) is 4. The molecular weight excluding hydrogens is 260 g/mol. The highest BCUT2D eigenvalue weighted by Crippen LogP contribution is 2.23. The van der Waals surface area contributed by atoms with E-state index >= 15 is 0 Å². The van der Waals surface area contributed by atoms with Crippen molar-refractivity contribution in [3.05, 3.63) is 24.2 Å². The van der Waals surface area contributed by atoms with Gasteiger partial charge in [0.1, 0.15) is 0 Å². The van der Waals surface area contributed by atoms with Gasteiger partial charge >= 0.3 is 0 Å². The highest BCUT2D eigenvalue weighted by Gasteiger charge is 2.25. The summed E-state index contributed by atoms with van der Waals surface area (Å²) in [5, 5.41) is 14.7. The van der Waals surface area contributed by atoms with Gasteiger partial charge in [-0.15, -0.1) is 0 Å². The summed E-state index contributed by atoms with van der Waals surface area (Å²) in [4.78, 5) is 23.4. The molecule has 0 spiro atoms. The quantitative estimate of drug-likeness (QED) is 0.739. The Balaban J connectivity index is 1.76. The maximum Gasteiger partial charge on any atom is 0.287 e. The van der Waals surface area contributed by atoms with E-state index in [0.29, 0.717) is 0 Å². The van der Waals surface area contributed by atoms with Crippen LogP contribution in [0.4, 0.5) is 0 Å². The van der Waals surface area contributed by atoms with E-state index in [4.69, 9.17) is 4.42 Å². The Morgan fingerprint density at radius 1 is 1.35 bits per heavy atom. The molecule has 0 aromatic carbocycles. The zero-order valence-electron chi connectivity index (χ0n) is 11.3.